The van der Waals surface area contributed by atoms with Gasteiger partial charge in [0.1, 0.15) is 5.82 Å². The van der Waals surface area contributed by atoms with Gasteiger partial charge in [-0.05, 0) is 26.2 Å². The number of nitrogens with two attached hydrogens (primary N) is 1. The molecular weight excluding hydrogens is 243 g/mol. The highest BCUT2D eigenvalue weighted by molar-refractivity contribution is 7.99. The normalized spacial score (nSPS) is 10.8. The summed E-state index contributed by atoms with van der Waals surface area (Å²) in [6.07, 6.45) is 0. The average molecular weight is 258 g/mol. The maximum Gasteiger partial charge on any atom is 0.338 e. The molecule has 0 saturated carbocycles. The minimum atomic E-state index is -1.31. The fourth-order valence-electron chi connectivity index (χ4n) is 1.20. The molecule has 0 aromatic heterocycles. The maximum atomic E-state index is 13.4. The van der Waals surface area contributed by atoms with Crippen LogP contribution in [0.2, 0.25) is 0 Å². The first kappa shape index (κ1) is 13.8. The molecule has 1 aromatic carbocycles. The zero-order valence-corrected chi connectivity index (χ0v) is 10.6. The molecule has 0 aliphatic carbocycles. The lowest BCUT2D eigenvalue weighted by Gasteiger charge is -2.10. The fraction of sp³-hybridized carbons (Fsp3) is 0.364. The lowest BCUT2D eigenvalue weighted by Crippen LogP contribution is -2.14. The number of rotatable bonds is 5. The van der Waals surface area contributed by atoms with Crippen LogP contribution in [0.4, 0.5) is 10.1 Å². The molecule has 0 radical (unpaired) electrons. The van der Waals surface area contributed by atoms with Crippen molar-refractivity contribution in [1.29, 1.82) is 0 Å². The van der Waals surface area contributed by atoms with Crippen molar-refractivity contribution >= 4 is 23.4 Å². The SMILES string of the molecule is CN(C)CCSc1cc(F)c(C(=O)O)cc1N. The Morgan fingerprint density at radius 1 is 1.53 bits per heavy atom. The summed E-state index contributed by atoms with van der Waals surface area (Å²) in [5.41, 5.74) is 5.59. The Kier molecular flexibility index (Phi) is 4.77. The molecule has 0 saturated heterocycles. The number of carbonyl (C=O) groups is 1. The number of anilines is 1. The van der Waals surface area contributed by atoms with Crippen LogP contribution < -0.4 is 5.73 Å². The highest BCUT2D eigenvalue weighted by Crippen LogP contribution is 2.27. The first-order chi connectivity index (χ1) is 7.91. The van der Waals surface area contributed by atoms with Crippen molar-refractivity contribution in [2.45, 2.75) is 4.90 Å². The van der Waals surface area contributed by atoms with Gasteiger partial charge in [0.05, 0.1) is 5.56 Å². The summed E-state index contributed by atoms with van der Waals surface area (Å²) < 4.78 is 13.4. The van der Waals surface area contributed by atoms with Crippen LogP contribution in [-0.4, -0.2) is 42.4 Å². The zero-order valence-electron chi connectivity index (χ0n) is 9.74. The van der Waals surface area contributed by atoms with Gasteiger partial charge < -0.3 is 15.7 Å². The van der Waals surface area contributed by atoms with Crippen molar-refractivity contribution in [3.05, 3.63) is 23.5 Å². The molecule has 4 nitrogen and oxygen atoms in total. The second kappa shape index (κ2) is 5.88. The maximum absolute atomic E-state index is 13.4. The van der Waals surface area contributed by atoms with Gasteiger partial charge in [-0.15, -0.1) is 11.8 Å². The molecule has 1 rings (SSSR count). The van der Waals surface area contributed by atoms with E-state index < -0.39 is 11.8 Å². The van der Waals surface area contributed by atoms with Gasteiger partial charge >= 0.3 is 5.97 Å². The fourth-order valence-corrected chi connectivity index (χ4v) is 2.29. The van der Waals surface area contributed by atoms with E-state index in [9.17, 15) is 9.18 Å². The lowest BCUT2D eigenvalue weighted by atomic mass is 10.2. The third-order valence-corrected chi connectivity index (χ3v) is 3.18. The zero-order chi connectivity index (χ0) is 13.0. The molecule has 0 aliphatic heterocycles. The summed E-state index contributed by atoms with van der Waals surface area (Å²) in [5.74, 6) is -1.29. The Labute approximate surface area is 104 Å². The van der Waals surface area contributed by atoms with Crippen LogP contribution in [0.3, 0.4) is 0 Å². The number of aromatic carboxylic acids is 1. The Bertz CT molecular complexity index is 424. The van der Waals surface area contributed by atoms with Crippen LogP contribution in [0.5, 0.6) is 0 Å². The molecular formula is C11H15FN2O2S. The van der Waals surface area contributed by atoms with E-state index in [-0.39, 0.29) is 5.56 Å². The van der Waals surface area contributed by atoms with Crippen LogP contribution in [0, 0.1) is 5.82 Å². The topological polar surface area (TPSA) is 66.6 Å². The van der Waals surface area contributed by atoms with Gasteiger partial charge in [-0.2, -0.15) is 0 Å². The molecule has 0 aliphatic rings. The number of nitrogens with zero attached hydrogens (tertiary/aromatic N) is 1. The van der Waals surface area contributed by atoms with Gasteiger partial charge in [0.25, 0.3) is 0 Å². The molecule has 0 spiro atoms. The van der Waals surface area contributed by atoms with Crippen molar-refractivity contribution in [3.63, 3.8) is 0 Å². The lowest BCUT2D eigenvalue weighted by molar-refractivity contribution is 0.0692. The van der Waals surface area contributed by atoms with E-state index in [0.29, 0.717) is 10.6 Å². The minimum absolute atomic E-state index is 0.299. The first-order valence-corrected chi connectivity index (χ1v) is 6.00. The van der Waals surface area contributed by atoms with Crippen LogP contribution in [0.25, 0.3) is 0 Å². The van der Waals surface area contributed by atoms with E-state index in [1.54, 1.807) is 0 Å². The molecule has 17 heavy (non-hydrogen) atoms. The Morgan fingerprint density at radius 3 is 2.71 bits per heavy atom. The minimum Gasteiger partial charge on any atom is -0.478 e. The molecule has 1 aromatic rings. The summed E-state index contributed by atoms with van der Waals surface area (Å²) >= 11 is 1.41. The standard InChI is InChI=1S/C11H15FN2O2S/c1-14(2)3-4-17-10-6-8(12)7(11(15)16)5-9(10)13/h5-6H,3-4,13H2,1-2H3,(H,15,16). The van der Waals surface area contributed by atoms with E-state index in [1.807, 2.05) is 19.0 Å². The second-order valence-corrected chi connectivity index (χ2v) is 4.96. The summed E-state index contributed by atoms with van der Waals surface area (Å²) in [6, 6.07) is 2.34. The largest absolute Gasteiger partial charge is 0.478 e. The van der Waals surface area contributed by atoms with E-state index in [1.165, 1.54) is 17.8 Å². The molecule has 6 heteroatoms. The van der Waals surface area contributed by atoms with Crippen molar-refractivity contribution in [3.8, 4) is 0 Å². The smallest absolute Gasteiger partial charge is 0.338 e. The molecule has 0 unspecified atom stereocenters. The van der Waals surface area contributed by atoms with Crippen molar-refractivity contribution < 1.29 is 14.3 Å². The van der Waals surface area contributed by atoms with Crippen molar-refractivity contribution in [2.24, 2.45) is 0 Å². The monoisotopic (exact) mass is 258 g/mol. The van der Waals surface area contributed by atoms with Gasteiger partial charge in [-0.25, -0.2) is 9.18 Å². The summed E-state index contributed by atoms with van der Waals surface area (Å²) in [6.45, 7) is 0.840. The second-order valence-electron chi connectivity index (χ2n) is 3.83. The van der Waals surface area contributed by atoms with Crippen molar-refractivity contribution in [1.82, 2.24) is 4.90 Å². The van der Waals surface area contributed by atoms with Gasteiger partial charge in [0.2, 0.25) is 0 Å². The molecule has 0 bridgehead atoms. The number of halogens is 1. The van der Waals surface area contributed by atoms with Crippen LogP contribution in [-0.2, 0) is 0 Å². The van der Waals surface area contributed by atoms with E-state index >= 15 is 0 Å². The third kappa shape index (κ3) is 3.90. The Morgan fingerprint density at radius 2 is 2.18 bits per heavy atom. The van der Waals surface area contributed by atoms with Crippen LogP contribution in [0.1, 0.15) is 10.4 Å². The van der Waals surface area contributed by atoms with E-state index in [0.717, 1.165) is 18.4 Å². The molecule has 0 heterocycles. The number of benzene rings is 1. The summed E-state index contributed by atoms with van der Waals surface area (Å²) in [7, 11) is 3.88. The van der Waals surface area contributed by atoms with Crippen LogP contribution in [0.15, 0.2) is 17.0 Å². The molecule has 0 atom stereocenters. The van der Waals surface area contributed by atoms with E-state index in [4.69, 9.17) is 10.8 Å². The molecule has 3 N–H and O–H groups in total. The average Bonchev–Trinajstić information content (AvgIpc) is 2.21. The van der Waals surface area contributed by atoms with Crippen LogP contribution >= 0.6 is 11.8 Å². The van der Waals surface area contributed by atoms with Gasteiger partial charge in [0, 0.05) is 22.9 Å². The number of thioether (sulfide) groups is 1. The molecule has 0 amide bonds. The summed E-state index contributed by atoms with van der Waals surface area (Å²) in [5, 5.41) is 8.72. The number of hydrogen-bond donors (Lipinski definition) is 2. The number of nitrogen functional groups attached to an aromatic ring is 1. The predicted molar refractivity (Wildman–Crippen MR) is 67.0 cm³/mol. The predicted octanol–water partition coefficient (Wildman–Crippen LogP) is 1.76. The van der Waals surface area contributed by atoms with E-state index in [2.05, 4.69) is 0 Å². The molecule has 0 fully saturated rings. The number of carboxylic acids is 1. The van der Waals surface area contributed by atoms with Gasteiger partial charge in [-0.1, -0.05) is 0 Å². The highest BCUT2D eigenvalue weighted by Gasteiger charge is 2.13. The summed E-state index contributed by atoms with van der Waals surface area (Å²) in [4.78, 5) is 13.3. The van der Waals surface area contributed by atoms with Gasteiger partial charge in [0.15, 0.2) is 0 Å². The Balaban J connectivity index is 2.81. The quantitative estimate of drug-likeness (QED) is 0.622. The first-order valence-electron chi connectivity index (χ1n) is 5.01. The van der Waals surface area contributed by atoms with Gasteiger partial charge in [-0.3, -0.25) is 0 Å². The molecule has 94 valence electrons. The highest BCUT2D eigenvalue weighted by atomic mass is 32.2. The third-order valence-electron chi connectivity index (χ3n) is 2.13. The van der Waals surface area contributed by atoms with Crippen molar-refractivity contribution in [2.75, 3.05) is 32.1 Å². The number of carboxylic acid groups (broad SMARTS) is 1. The Hall–Kier alpha value is -1.27. The number of hydrogen-bond acceptors (Lipinski definition) is 4.